The van der Waals surface area contributed by atoms with Gasteiger partial charge >= 0.3 is 12.1 Å². The molecule has 240 valence electrons. The van der Waals surface area contributed by atoms with E-state index in [1.807, 2.05) is 6.92 Å². The lowest BCUT2D eigenvalue weighted by Gasteiger charge is -2.21. The number of halogens is 4. The number of carbonyl (C=O) groups is 2. The summed E-state index contributed by atoms with van der Waals surface area (Å²) in [6, 6.07) is 8.17. The molecule has 45 heavy (non-hydrogen) atoms. The Bertz CT molecular complexity index is 1740. The Morgan fingerprint density at radius 2 is 1.76 bits per heavy atom. The minimum atomic E-state index is -5.26. The number of hydrogen-bond acceptors (Lipinski definition) is 7. The Morgan fingerprint density at radius 3 is 2.42 bits per heavy atom. The highest BCUT2D eigenvalue weighted by atomic mass is 35.5. The van der Waals surface area contributed by atoms with Crippen LogP contribution in [0.5, 0.6) is 11.5 Å². The summed E-state index contributed by atoms with van der Waals surface area (Å²) >= 11 is 7.63. The van der Waals surface area contributed by atoms with Gasteiger partial charge in [0, 0.05) is 21.9 Å². The van der Waals surface area contributed by atoms with E-state index in [1.165, 1.54) is 50.9 Å². The summed E-state index contributed by atoms with van der Waals surface area (Å²) in [6.45, 7) is 3.48. The monoisotopic (exact) mass is 663 g/mol. The standard InChI is InChI=1S/C32H33ClF3N3O5S/c1-17-12-18(2)28-20(13-17)14-23(39(28)44-30(41)32(34,35)36)29(40)38-31-37-27(21-15-25(43-4)22(33)16-24(21)42-3)26(45-31)11-10-19-8-6-5-7-9-19/h12-16,19H,5-11H2,1-4H3,(H,37,38,40). The van der Waals surface area contributed by atoms with Crippen molar-refractivity contribution in [1.29, 1.82) is 0 Å². The van der Waals surface area contributed by atoms with Gasteiger partial charge in [-0.05, 0) is 56.4 Å². The number of methoxy groups -OCH3 is 2. The molecule has 1 aliphatic rings. The maximum Gasteiger partial charge on any atom is 0.493 e. The van der Waals surface area contributed by atoms with Gasteiger partial charge in [0.1, 0.15) is 17.2 Å². The molecule has 0 bridgehead atoms. The Labute approximate surface area is 267 Å². The number of aryl methyl sites for hydroxylation is 3. The summed E-state index contributed by atoms with van der Waals surface area (Å²) in [5.41, 5.74) is 2.44. The number of nitrogens with one attached hydrogen (secondary N) is 1. The first-order valence-corrected chi connectivity index (χ1v) is 15.7. The van der Waals surface area contributed by atoms with Crippen LogP contribution in [0.15, 0.2) is 30.3 Å². The van der Waals surface area contributed by atoms with Crippen LogP contribution in [-0.4, -0.2) is 42.0 Å². The molecule has 1 amide bonds. The molecule has 13 heteroatoms. The van der Waals surface area contributed by atoms with Gasteiger partial charge in [0.25, 0.3) is 5.91 Å². The Morgan fingerprint density at radius 1 is 1.04 bits per heavy atom. The van der Waals surface area contributed by atoms with Gasteiger partial charge in [-0.2, -0.15) is 17.9 Å². The third-order valence-electron chi connectivity index (χ3n) is 7.98. The fourth-order valence-corrected chi connectivity index (χ4v) is 7.11. The quantitative estimate of drug-likeness (QED) is 0.194. The highest BCUT2D eigenvalue weighted by Crippen LogP contribution is 2.43. The minimum Gasteiger partial charge on any atom is -0.496 e. The third-order valence-corrected chi connectivity index (χ3v) is 9.30. The summed E-state index contributed by atoms with van der Waals surface area (Å²) in [6.07, 6.45) is 2.35. The normalized spacial score (nSPS) is 14.0. The Kier molecular flexibility index (Phi) is 9.64. The van der Waals surface area contributed by atoms with E-state index in [1.54, 1.807) is 31.2 Å². The lowest BCUT2D eigenvalue weighted by molar-refractivity contribution is -0.199. The van der Waals surface area contributed by atoms with E-state index in [-0.39, 0.29) is 16.3 Å². The van der Waals surface area contributed by atoms with Crippen LogP contribution in [0.1, 0.15) is 65.0 Å². The zero-order valence-corrected chi connectivity index (χ0v) is 26.8. The third kappa shape index (κ3) is 7.06. The molecule has 2 aromatic carbocycles. The lowest BCUT2D eigenvalue weighted by Crippen LogP contribution is -2.35. The van der Waals surface area contributed by atoms with Crippen molar-refractivity contribution in [3.05, 3.63) is 57.1 Å². The van der Waals surface area contributed by atoms with Crippen LogP contribution >= 0.6 is 22.9 Å². The second-order valence-electron chi connectivity index (χ2n) is 11.2. The number of ether oxygens (including phenoxy) is 2. The summed E-state index contributed by atoms with van der Waals surface area (Å²) in [4.78, 5) is 35.9. The predicted molar refractivity (Wildman–Crippen MR) is 168 cm³/mol. The molecular weight excluding hydrogens is 631 g/mol. The zero-order chi connectivity index (χ0) is 32.5. The van der Waals surface area contributed by atoms with Gasteiger partial charge in [-0.1, -0.05) is 55.3 Å². The molecule has 8 nitrogen and oxygen atoms in total. The van der Waals surface area contributed by atoms with Crippen LogP contribution in [0, 0.1) is 19.8 Å². The number of anilines is 1. The highest BCUT2D eigenvalue weighted by molar-refractivity contribution is 7.16. The van der Waals surface area contributed by atoms with E-state index < -0.39 is 18.1 Å². The number of fused-ring (bicyclic) bond motifs is 1. The molecule has 1 N–H and O–H groups in total. The van der Waals surface area contributed by atoms with Crippen molar-refractivity contribution < 1.29 is 37.1 Å². The molecule has 1 fully saturated rings. The number of thiazole rings is 1. The van der Waals surface area contributed by atoms with Crippen molar-refractivity contribution in [2.75, 3.05) is 19.5 Å². The molecule has 0 spiro atoms. The van der Waals surface area contributed by atoms with Crippen molar-refractivity contribution in [3.8, 4) is 22.8 Å². The van der Waals surface area contributed by atoms with Crippen molar-refractivity contribution in [2.45, 2.75) is 65.0 Å². The Hall–Kier alpha value is -3.77. The zero-order valence-electron chi connectivity index (χ0n) is 25.3. The van der Waals surface area contributed by atoms with E-state index in [0.29, 0.717) is 55.8 Å². The fourth-order valence-electron chi connectivity index (χ4n) is 5.90. The van der Waals surface area contributed by atoms with E-state index in [9.17, 15) is 22.8 Å². The van der Waals surface area contributed by atoms with Gasteiger partial charge in [0.2, 0.25) is 0 Å². The van der Waals surface area contributed by atoms with Crippen LogP contribution in [0.4, 0.5) is 18.3 Å². The first-order chi connectivity index (χ1) is 21.4. The maximum atomic E-state index is 13.7. The molecular formula is C32H33ClF3N3O5S. The Balaban J connectivity index is 1.54. The van der Waals surface area contributed by atoms with Gasteiger partial charge in [-0.3, -0.25) is 10.1 Å². The predicted octanol–water partition coefficient (Wildman–Crippen LogP) is 8.33. The first kappa shape index (κ1) is 32.6. The van der Waals surface area contributed by atoms with Gasteiger partial charge in [-0.25, -0.2) is 9.78 Å². The molecule has 0 aliphatic heterocycles. The number of rotatable bonds is 9. The molecule has 4 aromatic rings. The highest BCUT2D eigenvalue weighted by Gasteiger charge is 2.43. The average Bonchev–Trinajstić information content (AvgIpc) is 3.56. The number of amides is 1. The molecule has 2 aromatic heterocycles. The number of aromatic nitrogens is 2. The van der Waals surface area contributed by atoms with E-state index in [0.717, 1.165) is 29.7 Å². The smallest absolute Gasteiger partial charge is 0.493 e. The van der Waals surface area contributed by atoms with Crippen molar-refractivity contribution >= 4 is 50.8 Å². The van der Waals surface area contributed by atoms with Crippen molar-refractivity contribution in [1.82, 2.24) is 9.71 Å². The molecule has 0 saturated heterocycles. The van der Waals surface area contributed by atoms with Crippen LogP contribution in [-0.2, 0) is 11.2 Å². The number of benzene rings is 2. The van der Waals surface area contributed by atoms with Crippen LogP contribution in [0.25, 0.3) is 22.2 Å². The average molecular weight is 664 g/mol. The van der Waals surface area contributed by atoms with Gasteiger partial charge < -0.3 is 14.3 Å². The largest absolute Gasteiger partial charge is 0.496 e. The van der Waals surface area contributed by atoms with Crippen molar-refractivity contribution in [2.24, 2.45) is 5.92 Å². The summed E-state index contributed by atoms with van der Waals surface area (Å²) in [5.74, 6) is -1.77. The number of carbonyl (C=O) groups excluding carboxylic acids is 2. The number of hydrogen-bond donors (Lipinski definition) is 1. The fraction of sp³-hybridized carbons (Fsp3) is 0.406. The molecule has 0 radical (unpaired) electrons. The lowest BCUT2D eigenvalue weighted by atomic mass is 9.86. The second-order valence-corrected chi connectivity index (χ2v) is 12.7. The van der Waals surface area contributed by atoms with Crippen LogP contribution in [0.3, 0.4) is 0 Å². The van der Waals surface area contributed by atoms with E-state index >= 15 is 0 Å². The summed E-state index contributed by atoms with van der Waals surface area (Å²) < 4.78 is 51.4. The second kappa shape index (κ2) is 13.3. The number of nitrogens with zero attached hydrogens (tertiary/aromatic N) is 2. The molecule has 0 unspecified atom stereocenters. The maximum absolute atomic E-state index is 13.7. The van der Waals surface area contributed by atoms with E-state index in [4.69, 9.17) is 30.9 Å². The number of alkyl halides is 3. The summed E-state index contributed by atoms with van der Waals surface area (Å²) in [5, 5.41) is 3.75. The van der Waals surface area contributed by atoms with Crippen molar-refractivity contribution in [3.63, 3.8) is 0 Å². The molecule has 2 heterocycles. The van der Waals surface area contributed by atoms with Gasteiger partial charge in [0.15, 0.2) is 5.13 Å². The summed E-state index contributed by atoms with van der Waals surface area (Å²) in [7, 11) is 3.02. The SMILES string of the molecule is COc1cc(-c2nc(NC(=O)c3cc4cc(C)cc(C)c4n3OC(=O)C(F)(F)F)sc2CCC2CCCCC2)c(OC)cc1Cl. The molecule has 1 saturated carbocycles. The minimum absolute atomic E-state index is 0.175. The molecule has 5 rings (SSSR count). The molecule has 0 atom stereocenters. The van der Waals surface area contributed by atoms with Gasteiger partial charge in [0.05, 0.1) is 30.5 Å². The topological polar surface area (TPSA) is 91.7 Å². The van der Waals surface area contributed by atoms with Crippen LogP contribution in [0.2, 0.25) is 5.02 Å². The van der Waals surface area contributed by atoms with Gasteiger partial charge in [-0.15, -0.1) is 11.3 Å². The molecule has 1 aliphatic carbocycles. The first-order valence-electron chi connectivity index (χ1n) is 14.5. The van der Waals surface area contributed by atoms with E-state index in [2.05, 4.69) is 5.32 Å². The van der Waals surface area contributed by atoms with Crippen LogP contribution < -0.4 is 19.6 Å².